The fraction of sp³-hybridized carbons (Fsp3) is 0.348. The molecule has 0 amide bonds. The Morgan fingerprint density at radius 1 is 1.07 bits per heavy atom. The van der Waals surface area contributed by atoms with Crippen molar-refractivity contribution >= 4 is 17.5 Å². The van der Waals surface area contributed by atoms with Crippen LogP contribution < -0.4 is 0 Å². The van der Waals surface area contributed by atoms with E-state index >= 15 is 0 Å². The van der Waals surface area contributed by atoms with E-state index in [4.69, 9.17) is 0 Å². The van der Waals surface area contributed by atoms with Gasteiger partial charge in [-0.05, 0) is 35.6 Å². The van der Waals surface area contributed by atoms with Crippen LogP contribution in [0.25, 0.3) is 0 Å². The molecular formula is C23H27FN4OS. The number of oxime groups is 1. The summed E-state index contributed by atoms with van der Waals surface area (Å²) >= 11 is 1.43. The lowest BCUT2D eigenvalue weighted by atomic mass is 9.96. The van der Waals surface area contributed by atoms with Crippen molar-refractivity contribution in [3.63, 3.8) is 0 Å². The van der Waals surface area contributed by atoms with Crippen molar-refractivity contribution in [1.29, 1.82) is 0 Å². The van der Waals surface area contributed by atoms with Crippen LogP contribution in [0.2, 0.25) is 0 Å². The first kappa shape index (κ1) is 22.0. The van der Waals surface area contributed by atoms with E-state index in [0.29, 0.717) is 22.9 Å². The Morgan fingerprint density at radius 2 is 1.73 bits per heavy atom. The molecule has 0 fully saturated rings. The molecule has 1 N–H and O–H groups in total. The second-order valence-electron chi connectivity index (χ2n) is 7.80. The van der Waals surface area contributed by atoms with Gasteiger partial charge in [0.25, 0.3) is 0 Å². The first-order valence-corrected chi connectivity index (χ1v) is 11.0. The Labute approximate surface area is 181 Å². The topological polar surface area (TPSA) is 63.3 Å². The van der Waals surface area contributed by atoms with Gasteiger partial charge in [-0.2, -0.15) is 0 Å². The van der Waals surface area contributed by atoms with Gasteiger partial charge in [-0.1, -0.05) is 74.1 Å². The summed E-state index contributed by atoms with van der Waals surface area (Å²) in [6.45, 7) is 6.56. The number of thioether (sulfide) groups is 1. The quantitative estimate of drug-likeness (QED) is 0.230. The van der Waals surface area contributed by atoms with Crippen molar-refractivity contribution in [2.24, 2.45) is 18.1 Å². The number of aromatic nitrogens is 3. The molecule has 3 rings (SSSR count). The SMILES string of the molecule is CC(C)Cc1ccc(C(C)c2nnc(SC/C(=N\O)c3ccc(F)cc3)n2C)cc1. The second kappa shape index (κ2) is 9.89. The maximum atomic E-state index is 13.1. The predicted octanol–water partition coefficient (Wildman–Crippen LogP) is 5.28. The van der Waals surface area contributed by atoms with Gasteiger partial charge in [0.05, 0.1) is 5.71 Å². The smallest absolute Gasteiger partial charge is 0.191 e. The highest BCUT2D eigenvalue weighted by molar-refractivity contribution is 7.99. The van der Waals surface area contributed by atoms with E-state index in [1.165, 1.54) is 35.0 Å². The molecule has 0 saturated heterocycles. The number of rotatable bonds is 8. The van der Waals surface area contributed by atoms with Gasteiger partial charge in [-0.3, -0.25) is 0 Å². The van der Waals surface area contributed by atoms with E-state index in [1.807, 2.05) is 11.6 Å². The third kappa shape index (κ3) is 5.27. The van der Waals surface area contributed by atoms with Crippen LogP contribution >= 0.6 is 11.8 Å². The minimum Gasteiger partial charge on any atom is -0.411 e. The lowest BCUT2D eigenvalue weighted by Crippen LogP contribution is -2.08. The molecule has 0 aliphatic carbocycles. The van der Waals surface area contributed by atoms with Crippen LogP contribution in [0.3, 0.4) is 0 Å². The van der Waals surface area contributed by atoms with Crippen LogP contribution in [0.5, 0.6) is 0 Å². The standard InChI is InChI=1S/C23H27FN4OS/c1-15(2)13-17-5-7-18(8-6-17)16(3)22-25-26-23(28(22)4)30-14-21(27-29)19-9-11-20(24)12-10-19/h5-12,15-16,29H,13-14H2,1-4H3/b27-21+. The fourth-order valence-electron chi connectivity index (χ4n) is 3.34. The summed E-state index contributed by atoms with van der Waals surface area (Å²) in [5.41, 5.74) is 3.66. The minimum atomic E-state index is -0.326. The molecule has 0 radical (unpaired) electrons. The monoisotopic (exact) mass is 426 g/mol. The molecule has 2 aromatic carbocycles. The molecule has 30 heavy (non-hydrogen) atoms. The summed E-state index contributed by atoms with van der Waals surface area (Å²) in [5.74, 6) is 1.68. The Hall–Kier alpha value is -2.67. The highest BCUT2D eigenvalue weighted by Gasteiger charge is 2.18. The Morgan fingerprint density at radius 3 is 2.33 bits per heavy atom. The van der Waals surface area contributed by atoms with Gasteiger partial charge in [-0.25, -0.2) is 4.39 Å². The van der Waals surface area contributed by atoms with Crippen molar-refractivity contribution < 1.29 is 9.60 Å². The average Bonchev–Trinajstić information content (AvgIpc) is 3.09. The van der Waals surface area contributed by atoms with Crippen molar-refractivity contribution in [3.05, 3.63) is 76.9 Å². The summed E-state index contributed by atoms with van der Waals surface area (Å²) in [6, 6.07) is 14.6. The summed E-state index contributed by atoms with van der Waals surface area (Å²) in [5, 5.41) is 22.2. The molecule has 1 aromatic heterocycles. The molecule has 7 heteroatoms. The lowest BCUT2D eigenvalue weighted by molar-refractivity contribution is 0.319. The molecular weight excluding hydrogens is 399 g/mol. The zero-order valence-corrected chi connectivity index (χ0v) is 18.5. The third-order valence-corrected chi connectivity index (χ3v) is 6.05. The first-order chi connectivity index (χ1) is 14.4. The minimum absolute atomic E-state index is 0.105. The van der Waals surface area contributed by atoms with Crippen LogP contribution in [0.15, 0.2) is 58.8 Å². The molecule has 0 spiro atoms. The van der Waals surface area contributed by atoms with Gasteiger partial charge < -0.3 is 9.77 Å². The van der Waals surface area contributed by atoms with E-state index in [-0.39, 0.29) is 11.7 Å². The Balaban J connectivity index is 1.69. The highest BCUT2D eigenvalue weighted by atomic mass is 32.2. The van der Waals surface area contributed by atoms with E-state index in [0.717, 1.165) is 17.4 Å². The highest BCUT2D eigenvalue weighted by Crippen LogP contribution is 2.26. The Bertz CT molecular complexity index is 997. The summed E-state index contributed by atoms with van der Waals surface area (Å²) in [7, 11) is 1.94. The lowest BCUT2D eigenvalue weighted by Gasteiger charge is -2.13. The maximum absolute atomic E-state index is 13.1. The van der Waals surface area contributed by atoms with E-state index < -0.39 is 0 Å². The Kier molecular flexibility index (Phi) is 7.26. The van der Waals surface area contributed by atoms with Crippen LogP contribution in [0.4, 0.5) is 4.39 Å². The number of nitrogens with zero attached hydrogens (tertiary/aromatic N) is 4. The summed E-state index contributed by atoms with van der Waals surface area (Å²) < 4.78 is 15.1. The van der Waals surface area contributed by atoms with Crippen molar-refractivity contribution in [1.82, 2.24) is 14.8 Å². The van der Waals surface area contributed by atoms with Crippen LogP contribution in [-0.2, 0) is 13.5 Å². The van der Waals surface area contributed by atoms with E-state index in [2.05, 4.69) is 60.4 Å². The largest absolute Gasteiger partial charge is 0.411 e. The van der Waals surface area contributed by atoms with Gasteiger partial charge >= 0.3 is 0 Å². The summed E-state index contributed by atoms with van der Waals surface area (Å²) in [4.78, 5) is 0. The molecule has 0 bridgehead atoms. The van der Waals surface area contributed by atoms with Crippen LogP contribution in [0, 0.1) is 11.7 Å². The normalized spacial score (nSPS) is 13.1. The molecule has 1 atom stereocenters. The van der Waals surface area contributed by atoms with E-state index in [1.54, 1.807) is 12.1 Å². The van der Waals surface area contributed by atoms with Crippen LogP contribution in [0.1, 0.15) is 49.2 Å². The molecule has 3 aromatic rings. The zero-order valence-electron chi connectivity index (χ0n) is 17.7. The fourth-order valence-corrected chi connectivity index (χ4v) is 4.21. The first-order valence-electron chi connectivity index (χ1n) is 9.96. The third-order valence-electron chi connectivity index (χ3n) is 5.02. The number of hydrogen-bond donors (Lipinski definition) is 1. The van der Waals surface area contributed by atoms with Gasteiger partial charge in [0.15, 0.2) is 5.16 Å². The van der Waals surface area contributed by atoms with Gasteiger partial charge in [-0.15, -0.1) is 10.2 Å². The number of benzene rings is 2. The molecule has 1 heterocycles. The average molecular weight is 427 g/mol. The second-order valence-corrected chi connectivity index (χ2v) is 8.75. The van der Waals surface area contributed by atoms with Gasteiger partial charge in [0.1, 0.15) is 11.6 Å². The summed E-state index contributed by atoms with van der Waals surface area (Å²) in [6.07, 6.45) is 1.07. The number of halogens is 1. The predicted molar refractivity (Wildman–Crippen MR) is 119 cm³/mol. The molecule has 0 aliphatic rings. The van der Waals surface area contributed by atoms with E-state index in [9.17, 15) is 9.60 Å². The van der Waals surface area contributed by atoms with Crippen molar-refractivity contribution in [2.45, 2.75) is 38.3 Å². The van der Waals surface area contributed by atoms with Gasteiger partial charge in [0.2, 0.25) is 0 Å². The van der Waals surface area contributed by atoms with Crippen molar-refractivity contribution in [3.8, 4) is 0 Å². The van der Waals surface area contributed by atoms with Gasteiger partial charge in [0, 0.05) is 24.3 Å². The molecule has 5 nitrogen and oxygen atoms in total. The molecule has 0 aliphatic heterocycles. The molecule has 0 saturated carbocycles. The van der Waals surface area contributed by atoms with Crippen molar-refractivity contribution in [2.75, 3.05) is 5.75 Å². The number of hydrogen-bond acceptors (Lipinski definition) is 5. The maximum Gasteiger partial charge on any atom is 0.191 e. The molecule has 158 valence electrons. The zero-order chi connectivity index (χ0) is 21.7. The molecule has 1 unspecified atom stereocenters. The van der Waals surface area contributed by atoms with Crippen LogP contribution in [-0.4, -0.2) is 31.4 Å².